The zero-order chi connectivity index (χ0) is 30.3. The molecule has 0 fully saturated rings. The second kappa shape index (κ2) is 21.8. The van der Waals surface area contributed by atoms with E-state index in [4.69, 9.17) is 5.11 Å². The van der Waals surface area contributed by atoms with Gasteiger partial charge < -0.3 is 0 Å². The lowest BCUT2D eigenvalue weighted by Crippen LogP contribution is -2.46. The predicted octanol–water partition coefficient (Wildman–Crippen LogP) is 13.8. The number of rotatable bonds is 24. The zero-order valence-electron chi connectivity index (χ0n) is 27.6. The maximum absolute atomic E-state index is 4.86. The van der Waals surface area contributed by atoms with Gasteiger partial charge in [-0.05, 0) is 56.0 Å². The van der Waals surface area contributed by atoms with Gasteiger partial charge in [0.2, 0.25) is 0 Å². The Morgan fingerprint density at radius 1 is 0.419 bits per heavy atom. The van der Waals surface area contributed by atoms with Crippen LogP contribution < -0.4 is 4.48 Å². The van der Waals surface area contributed by atoms with Crippen molar-refractivity contribution in [1.29, 1.82) is 0 Å². The number of hydrogen-bond donors (Lipinski definition) is 0. The van der Waals surface area contributed by atoms with E-state index in [0.29, 0.717) is 0 Å². The summed E-state index contributed by atoms with van der Waals surface area (Å²) >= 11 is 0. The molecule has 0 aromatic heterocycles. The summed E-state index contributed by atoms with van der Waals surface area (Å²) in [6, 6.07) is 30.2. The number of nitrogens with zero attached hydrogens (tertiary/aromatic N) is 3. The molecule has 0 spiro atoms. The van der Waals surface area contributed by atoms with Crippen LogP contribution in [0, 0.1) is 0 Å². The average Bonchev–Trinajstić information content (AvgIpc) is 3.06. The van der Waals surface area contributed by atoms with Crippen LogP contribution in [0.5, 0.6) is 0 Å². The van der Waals surface area contributed by atoms with Gasteiger partial charge in [0.05, 0.1) is 18.8 Å². The van der Waals surface area contributed by atoms with Gasteiger partial charge in [-0.25, -0.2) is 0 Å². The van der Waals surface area contributed by atoms with E-state index in [1.54, 1.807) is 0 Å². The predicted molar refractivity (Wildman–Crippen MR) is 189 cm³/mol. The lowest BCUT2D eigenvalue weighted by atomic mass is 10.0. The maximum atomic E-state index is 4.86. The number of unbranched alkanes of at least 4 members (excludes halogenated alkanes) is 16. The highest BCUT2D eigenvalue weighted by atomic mass is 15.4. The van der Waals surface area contributed by atoms with Crippen molar-refractivity contribution in [3.8, 4) is 0 Å². The highest BCUT2D eigenvalue weighted by molar-refractivity contribution is 5.70. The van der Waals surface area contributed by atoms with E-state index in [1.807, 2.05) is 30.3 Å². The van der Waals surface area contributed by atoms with E-state index < -0.39 is 0 Å². The molecule has 0 aliphatic heterocycles. The van der Waals surface area contributed by atoms with Gasteiger partial charge in [0.25, 0.3) is 0 Å². The summed E-state index contributed by atoms with van der Waals surface area (Å²) in [5, 5.41) is 9.53. The molecule has 0 unspecified atom stereocenters. The highest BCUT2D eigenvalue weighted by Gasteiger charge is 2.35. The quantitative estimate of drug-likeness (QED) is 0.0570. The van der Waals surface area contributed by atoms with E-state index in [2.05, 4.69) is 73.6 Å². The molecule has 3 nitrogen and oxygen atoms in total. The molecule has 3 aromatic rings. The molecular weight excluding hydrogens is 522 g/mol. The van der Waals surface area contributed by atoms with E-state index in [9.17, 15) is 0 Å². The Labute approximate surface area is 264 Å². The summed E-state index contributed by atoms with van der Waals surface area (Å²) in [6.07, 6.45) is 24.3. The van der Waals surface area contributed by atoms with Crippen molar-refractivity contribution in [2.24, 2.45) is 10.2 Å². The van der Waals surface area contributed by atoms with Crippen LogP contribution in [0.25, 0.3) is 0 Å². The van der Waals surface area contributed by atoms with Crippen LogP contribution in [0.15, 0.2) is 95.2 Å². The molecule has 0 radical (unpaired) electrons. The van der Waals surface area contributed by atoms with Crippen LogP contribution >= 0.6 is 0 Å². The standard InChI is InChI=1S/C40H60N3/c1-3-5-7-9-11-13-15-17-27-35-43(38-31-23-20-24-32-38,36-28-18-16-14-12-10-8-6-4-2)40-34-26-25-33-39(40)42-41-37-29-21-19-22-30-37/h19-26,29-34H,3-18,27-28,35-36H2,1-2H3/q+1. The minimum atomic E-state index is 0.859. The van der Waals surface area contributed by atoms with Crippen molar-refractivity contribution in [2.45, 2.75) is 129 Å². The van der Waals surface area contributed by atoms with E-state index in [-0.39, 0.29) is 0 Å². The van der Waals surface area contributed by atoms with Gasteiger partial charge in [-0.2, -0.15) is 5.11 Å². The van der Waals surface area contributed by atoms with Crippen LogP contribution in [0.1, 0.15) is 129 Å². The summed E-state index contributed by atoms with van der Waals surface area (Å²) in [5.41, 5.74) is 4.55. The smallest absolute Gasteiger partial charge is 0.165 e. The number of azo groups is 1. The van der Waals surface area contributed by atoms with E-state index in [1.165, 1.54) is 127 Å². The van der Waals surface area contributed by atoms with E-state index >= 15 is 0 Å². The van der Waals surface area contributed by atoms with Crippen LogP contribution in [0.3, 0.4) is 0 Å². The van der Waals surface area contributed by atoms with Gasteiger partial charge in [0.15, 0.2) is 5.69 Å². The normalized spacial score (nSPS) is 11.9. The molecular formula is C40H60N3+. The molecule has 0 aliphatic carbocycles. The molecule has 0 atom stereocenters. The Hall–Kier alpha value is -2.78. The number of hydrogen-bond acceptors (Lipinski definition) is 2. The van der Waals surface area contributed by atoms with Crippen LogP contribution in [0.2, 0.25) is 0 Å². The Balaban J connectivity index is 1.78. The number of benzene rings is 3. The molecule has 0 saturated carbocycles. The van der Waals surface area contributed by atoms with Crippen LogP contribution in [-0.4, -0.2) is 13.1 Å². The lowest BCUT2D eigenvalue weighted by Gasteiger charge is -2.38. The lowest BCUT2D eigenvalue weighted by molar-refractivity contribution is 0.354. The molecule has 43 heavy (non-hydrogen) atoms. The average molecular weight is 583 g/mol. The minimum Gasteiger partial charge on any atom is -0.257 e. The SMILES string of the molecule is CCCCCCCCCCC[N+](CCCCCCCCCCC)(c1ccccc1)c1ccccc1N=Nc1ccccc1. The Morgan fingerprint density at radius 2 is 0.837 bits per heavy atom. The molecule has 0 heterocycles. The van der Waals surface area contributed by atoms with Gasteiger partial charge in [0, 0.05) is 6.07 Å². The first-order chi connectivity index (χ1) is 21.3. The first kappa shape index (κ1) is 34.7. The fourth-order valence-electron chi connectivity index (χ4n) is 6.37. The summed E-state index contributed by atoms with van der Waals surface area (Å²) < 4.78 is 0.859. The van der Waals surface area contributed by atoms with Gasteiger partial charge in [-0.1, -0.05) is 152 Å². The van der Waals surface area contributed by atoms with Crippen molar-refractivity contribution in [3.63, 3.8) is 0 Å². The third kappa shape index (κ3) is 12.8. The van der Waals surface area contributed by atoms with Crippen LogP contribution in [-0.2, 0) is 0 Å². The van der Waals surface area contributed by atoms with Gasteiger partial charge in [-0.15, -0.1) is 5.11 Å². The third-order valence-electron chi connectivity index (χ3n) is 8.91. The monoisotopic (exact) mass is 582 g/mol. The van der Waals surface area contributed by atoms with Crippen molar-refractivity contribution >= 4 is 22.7 Å². The molecule has 0 saturated heterocycles. The molecule has 3 heteroatoms. The number of quaternary nitrogens is 1. The molecule has 3 rings (SSSR count). The third-order valence-corrected chi connectivity index (χ3v) is 8.91. The largest absolute Gasteiger partial charge is 0.257 e. The van der Waals surface area contributed by atoms with Gasteiger partial charge >= 0.3 is 0 Å². The van der Waals surface area contributed by atoms with E-state index in [0.717, 1.165) is 28.9 Å². The Kier molecular flexibility index (Phi) is 17.6. The second-order valence-electron chi connectivity index (χ2n) is 12.4. The Bertz CT molecular complexity index is 1090. The fourth-order valence-corrected chi connectivity index (χ4v) is 6.37. The van der Waals surface area contributed by atoms with Gasteiger partial charge in [0.1, 0.15) is 11.4 Å². The molecule has 3 aromatic carbocycles. The Morgan fingerprint density at radius 3 is 1.35 bits per heavy atom. The highest BCUT2D eigenvalue weighted by Crippen LogP contribution is 2.42. The molecule has 0 aliphatic rings. The maximum Gasteiger partial charge on any atom is 0.165 e. The van der Waals surface area contributed by atoms with Crippen molar-refractivity contribution in [2.75, 3.05) is 13.1 Å². The minimum absolute atomic E-state index is 0.859. The van der Waals surface area contributed by atoms with Gasteiger partial charge in [-0.3, -0.25) is 4.48 Å². The first-order valence-corrected chi connectivity index (χ1v) is 17.8. The fraction of sp³-hybridized carbons (Fsp3) is 0.550. The molecule has 0 amide bonds. The zero-order valence-corrected chi connectivity index (χ0v) is 27.6. The summed E-state index contributed by atoms with van der Waals surface area (Å²) in [5.74, 6) is 0. The van der Waals surface area contributed by atoms with Crippen molar-refractivity contribution < 1.29 is 0 Å². The van der Waals surface area contributed by atoms with Crippen molar-refractivity contribution in [1.82, 2.24) is 4.48 Å². The summed E-state index contributed by atoms with van der Waals surface area (Å²) in [6.45, 7) is 6.81. The first-order valence-electron chi connectivity index (χ1n) is 17.8. The van der Waals surface area contributed by atoms with Crippen molar-refractivity contribution in [3.05, 3.63) is 84.9 Å². The second-order valence-corrected chi connectivity index (χ2v) is 12.4. The summed E-state index contributed by atoms with van der Waals surface area (Å²) in [4.78, 5) is 0. The van der Waals surface area contributed by atoms with Crippen LogP contribution in [0.4, 0.5) is 22.7 Å². The summed E-state index contributed by atoms with van der Waals surface area (Å²) in [7, 11) is 0. The topological polar surface area (TPSA) is 24.7 Å². The molecule has 0 N–H and O–H groups in total. The molecule has 0 bridgehead atoms. The number of para-hydroxylation sites is 2. The molecule has 234 valence electrons.